The van der Waals surface area contributed by atoms with Gasteiger partial charge in [0.2, 0.25) is 9.84 Å². The van der Waals surface area contributed by atoms with Crippen molar-refractivity contribution in [2.45, 2.75) is 42.6 Å². The minimum atomic E-state index is -4.39. The molecule has 3 N–H and O–H groups in total. The second-order valence-corrected chi connectivity index (χ2v) is 14.5. The monoisotopic (exact) mass is 679 g/mol. The number of carbonyl (C=O) groups is 2. The van der Waals surface area contributed by atoms with E-state index in [1.807, 2.05) is 72.8 Å². The summed E-state index contributed by atoms with van der Waals surface area (Å²) in [5, 5.41) is 9.59. The molecule has 49 heavy (non-hydrogen) atoms. The highest BCUT2D eigenvalue weighted by molar-refractivity contribution is 7.92. The number of pyridine rings is 2. The molecule has 0 saturated heterocycles. The topological polar surface area (TPSA) is 156 Å². The van der Waals surface area contributed by atoms with Gasteiger partial charge in [0.25, 0.3) is 0 Å². The Bertz CT molecular complexity index is 1970. The van der Waals surface area contributed by atoms with E-state index in [0.29, 0.717) is 5.56 Å². The van der Waals surface area contributed by atoms with E-state index in [-0.39, 0.29) is 22.8 Å². The molecule has 5 rings (SSSR count). The molecule has 0 radical (unpaired) electrons. The van der Waals surface area contributed by atoms with Gasteiger partial charge in [0.15, 0.2) is 4.87 Å². The number of carbonyl (C=O) groups excluding carboxylic acids is 1. The maximum atomic E-state index is 14.4. The van der Waals surface area contributed by atoms with E-state index in [0.717, 1.165) is 22.0 Å². The molecule has 12 heteroatoms. The van der Waals surface area contributed by atoms with Gasteiger partial charge in [-0.25, -0.2) is 18.2 Å². The smallest absolute Gasteiger partial charge is 0.416 e. The molecule has 0 fully saturated rings. The van der Waals surface area contributed by atoms with E-state index >= 15 is 0 Å². The number of nitrogens with two attached hydrogens (primary N) is 1. The minimum absolute atomic E-state index is 0.105. The fourth-order valence-electron chi connectivity index (χ4n) is 5.21. The summed E-state index contributed by atoms with van der Waals surface area (Å²) in [4.78, 5) is 33.9. The Labute approximate surface area is 285 Å². The van der Waals surface area contributed by atoms with Crippen molar-refractivity contribution in [3.8, 4) is 0 Å². The van der Waals surface area contributed by atoms with E-state index in [9.17, 15) is 23.1 Å². The highest BCUT2D eigenvalue weighted by Gasteiger charge is 2.45. The molecule has 2 aromatic heterocycles. The van der Waals surface area contributed by atoms with Crippen LogP contribution in [0.1, 0.15) is 32.0 Å². The Morgan fingerprint density at radius 2 is 1.39 bits per heavy atom. The normalized spacial score (nSPS) is 12.8. The first-order valence-corrected chi connectivity index (χ1v) is 16.9. The first-order chi connectivity index (χ1) is 23.3. The fourth-order valence-corrected chi connectivity index (χ4v) is 6.83. The number of nitrogens with zero attached hydrogens (tertiary/aromatic N) is 4. The molecule has 1 unspecified atom stereocenters. The predicted molar refractivity (Wildman–Crippen MR) is 188 cm³/mol. The number of carboxylic acids is 1. The van der Waals surface area contributed by atoms with Crippen molar-refractivity contribution >= 4 is 44.8 Å². The van der Waals surface area contributed by atoms with Gasteiger partial charge in [-0.05, 0) is 87.0 Å². The van der Waals surface area contributed by atoms with Gasteiger partial charge in [-0.1, -0.05) is 54.6 Å². The first kappa shape index (κ1) is 34.7. The SMILES string of the molecule is CC(C)(C)OC(=O)N(CC(=O)O)c1cccc(C(N)(Cc2ccc(N(c3ccccc3)c3ccccc3)cc2)S(=O)(=O)c2cccnc2)n1. The fraction of sp³-hybridized carbons (Fsp3) is 0.189. The van der Waals surface area contributed by atoms with Crippen molar-refractivity contribution in [1.29, 1.82) is 0 Å². The molecule has 0 spiro atoms. The van der Waals surface area contributed by atoms with Crippen molar-refractivity contribution in [1.82, 2.24) is 9.97 Å². The zero-order valence-electron chi connectivity index (χ0n) is 27.3. The number of aliphatic carboxylic acids is 1. The van der Waals surface area contributed by atoms with Gasteiger partial charge in [0, 0.05) is 35.9 Å². The van der Waals surface area contributed by atoms with Crippen LogP contribution in [0.4, 0.5) is 27.7 Å². The van der Waals surface area contributed by atoms with E-state index in [1.54, 1.807) is 32.9 Å². The average Bonchev–Trinajstić information content (AvgIpc) is 3.08. The number of rotatable bonds is 11. The van der Waals surface area contributed by atoms with Gasteiger partial charge in [0.05, 0.1) is 10.6 Å². The summed E-state index contributed by atoms with van der Waals surface area (Å²) in [6.07, 6.45) is 1.47. The molecule has 0 aliphatic heterocycles. The molecule has 252 valence electrons. The standard InChI is InChI=1S/C37H37N5O6S/c1-36(2,3)48-35(45)41(26-34(43)44)33-18-10-17-32(40-33)37(38,49(46,47)31-16-11-23-39-25-31)24-27-19-21-30(22-20-27)42(28-12-6-4-7-13-28)29-14-8-5-9-15-29/h4-23,25H,24,26,38H2,1-3H3,(H,43,44). The number of hydrogen-bond donors (Lipinski definition) is 2. The third-order valence-electron chi connectivity index (χ3n) is 7.47. The lowest BCUT2D eigenvalue weighted by Gasteiger charge is -2.31. The van der Waals surface area contributed by atoms with E-state index < -0.39 is 38.9 Å². The summed E-state index contributed by atoms with van der Waals surface area (Å²) in [6, 6.07) is 34.2. The molecule has 0 saturated carbocycles. The summed E-state index contributed by atoms with van der Waals surface area (Å²) in [5.74, 6) is -1.46. The quantitative estimate of drug-likeness (QED) is 0.156. The Balaban J connectivity index is 1.58. The average molecular weight is 680 g/mol. The Kier molecular flexibility index (Phi) is 10.1. The highest BCUT2D eigenvalue weighted by Crippen LogP contribution is 2.37. The van der Waals surface area contributed by atoms with Crippen LogP contribution in [-0.2, 0) is 30.7 Å². The Morgan fingerprint density at radius 1 is 0.796 bits per heavy atom. The number of para-hydroxylation sites is 2. The maximum Gasteiger partial charge on any atom is 0.416 e. The zero-order chi connectivity index (χ0) is 35.2. The van der Waals surface area contributed by atoms with Gasteiger partial charge in [0.1, 0.15) is 18.0 Å². The van der Waals surface area contributed by atoms with Gasteiger partial charge >= 0.3 is 12.1 Å². The van der Waals surface area contributed by atoms with Crippen LogP contribution in [0.25, 0.3) is 0 Å². The number of sulfone groups is 1. The number of amides is 1. The molecule has 0 aliphatic carbocycles. The van der Waals surface area contributed by atoms with Crippen LogP contribution in [-0.4, -0.2) is 47.7 Å². The van der Waals surface area contributed by atoms with Gasteiger partial charge in [-0.3, -0.25) is 14.7 Å². The predicted octanol–water partition coefficient (Wildman–Crippen LogP) is 6.60. The lowest BCUT2D eigenvalue weighted by molar-refractivity contribution is -0.135. The molecule has 2 heterocycles. The number of hydrogen-bond acceptors (Lipinski definition) is 9. The number of benzene rings is 3. The molecule has 0 bridgehead atoms. The summed E-state index contributed by atoms with van der Waals surface area (Å²) >= 11 is 0. The summed E-state index contributed by atoms with van der Waals surface area (Å²) in [7, 11) is -4.39. The van der Waals surface area contributed by atoms with E-state index in [2.05, 4.69) is 14.9 Å². The van der Waals surface area contributed by atoms with E-state index in [1.165, 1.54) is 42.7 Å². The van der Waals surface area contributed by atoms with Crippen LogP contribution < -0.4 is 15.5 Å². The first-order valence-electron chi connectivity index (χ1n) is 15.4. The Hall–Kier alpha value is -5.59. The Morgan fingerprint density at radius 3 is 1.92 bits per heavy atom. The van der Waals surface area contributed by atoms with Crippen molar-refractivity contribution in [2.24, 2.45) is 5.73 Å². The van der Waals surface area contributed by atoms with Crippen LogP contribution in [0.2, 0.25) is 0 Å². The summed E-state index contributed by atoms with van der Waals surface area (Å²) in [6.45, 7) is 4.15. The van der Waals surface area contributed by atoms with Crippen molar-refractivity contribution in [2.75, 3.05) is 16.3 Å². The zero-order valence-corrected chi connectivity index (χ0v) is 28.1. The summed E-state index contributed by atoms with van der Waals surface area (Å²) < 4.78 is 34.2. The molecule has 3 aromatic carbocycles. The number of anilines is 4. The van der Waals surface area contributed by atoms with Crippen LogP contribution in [0.5, 0.6) is 0 Å². The second kappa shape index (κ2) is 14.3. The van der Waals surface area contributed by atoms with Crippen molar-refractivity contribution < 1.29 is 27.9 Å². The third kappa shape index (κ3) is 7.94. The third-order valence-corrected chi connectivity index (χ3v) is 9.64. The molecule has 0 aliphatic rings. The largest absolute Gasteiger partial charge is 0.480 e. The van der Waals surface area contributed by atoms with E-state index in [4.69, 9.17) is 10.5 Å². The highest BCUT2D eigenvalue weighted by atomic mass is 32.2. The minimum Gasteiger partial charge on any atom is -0.480 e. The molecular formula is C37H37N5O6S. The van der Waals surface area contributed by atoms with Crippen molar-refractivity contribution in [3.63, 3.8) is 0 Å². The van der Waals surface area contributed by atoms with Gasteiger partial charge in [-0.15, -0.1) is 0 Å². The molecular weight excluding hydrogens is 643 g/mol. The molecule has 1 atom stereocenters. The number of carboxylic acid groups (broad SMARTS) is 1. The molecule has 1 amide bonds. The van der Waals surface area contributed by atoms with Crippen LogP contribution >= 0.6 is 0 Å². The molecule has 11 nitrogen and oxygen atoms in total. The van der Waals surface area contributed by atoms with Crippen LogP contribution in [0, 0.1) is 0 Å². The lowest BCUT2D eigenvalue weighted by atomic mass is 10.0. The number of aromatic nitrogens is 2. The lowest BCUT2D eigenvalue weighted by Crippen LogP contribution is -2.48. The van der Waals surface area contributed by atoms with Crippen LogP contribution in [0.15, 0.2) is 133 Å². The van der Waals surface area contributed by atoms with Crippen molar-refractivity contribution in [3.05, 3.63) is 139 Å². The maximum absolute atomic E-state index is 14.4. The van der Waals surface area contributed by atoms with Gasteiger partial charge < -0.3 is 20.5 Å². The van der Waals surface area contributed by atoms with Gasteiger partial charge in [-0.2, -0.15) is 0 Å². The van der Waals surface area contributed by atoms with Crippen LogP contribution in [0.3, 0.4) is 0 Å². The summed E-state index contributed by atoms with van der Waals surface area (Å²) in [5.41, 5.74) is 9.20. The molecule has 5 aromatic rings. The number of ether oxygens (including phenoxy) is 1. The second-order valence-electron chi connectivity index (χ2n) is 12.3.